The van der Waals surface area contributed by atoms with Crippen molar-refractivity contribution in [2.24, 2.45) is 5.73 Å². The number of nitrogens with two attached hydrogens (primary N) is 1. The Bertz CT molecular complexity index is 372. The Labute approximate surface area is 101 Å². The van der Waals surface area contributed by atoms with Crippen molar-refractivity contribution in [2.75, 3.05) is 31.1 Å². The molecule has 1 heterocycles. The maximum atomic E-state index is 10.5. The number of carbonyl (C=O) groups is 1. The third-order valence-electron chi connectivity index (χ3n) is 2.80. The monoisotopic (exact) mass is 235 g/mol. The minimum atomic E-state index is -0.740. The topological polar surface area (TPSA) is 67.6 Å². The first-order valence-corrected chi connectivity index (χ1v) is 5.72. The Morgan fingerprint density at radius 2 is 1.94 bits per heavy atom. The normalized spacial score (nSPS) is 15.6. The first kappa shape index (κ1) is 11.7. The molecule has 2 rings (SSSR count). The molecule has 1 fully saturated rings. The molecule has 0 aromatic heterocycles. The van der Waals surface area contributed by atoms with Crippen LogP contribution in [0.5, 0.6) is 0 Å². The number of hydrogen-bond donors (Lipinski definition) is 2. The SMILES string of the molecule is NC(=O)OCc1ccc(N2CCNCC2)cc1. The maximum Gasteiger partial charge on any atom is 0.404 e. The van der Waals surface area contributed by atoms with Crippen LogP contribution >= 0.6 is 0 Å². The smallest absolute Gasteiger partial charge is 0.404 e. The van der Waals surface area contributed by atoms with E-state index in [1.165, 1.54) is 5.69 Å². The van der Waals surface area contributed by atoms with Crippen LogP contribution in [0.15, 0.2) is 24.3 Å². The highest BCUT2D eigenvalue weighted by Crippen LogP contribution is 2.16. The van der Waals surface area contributed by atoms with Crippen molar-refractivity contribution in [2.45, 2.75) is 6.61 Å². The molecule has 92 valence electrons. The molecule has 1 aromatic rings. The minimum Gasteiger partial charge on any atom is -0.445 e. The first-order valence-electron chi connectivity index (χ1n) is 5.72. The number of primary amides is 1. The molecule has 1 aromatic carbocycles. The third kappa shape index (κ3) is 3.35. The van der Waals surface area contributed by atoms with Crippen LogP contribution in [0, 0.1) is 0 Å². The number of hydrogen-bond acceptors (Lipinski definition) is 4. The fourth-order valence-electron chi connectivity index (χ4n) is 1.88. The minimum absolute atomic E-state index is 0.233. The summed E-state index contributed by atoms with van der Waals surface area (Å²) in [4.78, 5) is 12.8. The summed E-state index contributed by atoms with van der Waals surface area (Å²) in [6, 6.07) is 8.01. The summed E-state index contributed by atoms with van der Waals surface area (Å²) in [6.45, 7) is 4.32. The summed E-state index contributed by atoms with van der Waals surface area (Å²) in [5.41, 5.74) is 7.06. The summed E-state index contributed by atoms with van der Waals surface area (Å²) >= 11 is 0. The van der Waals surface area contributed by atoms with Gasteiger partial charge in [0.15, 0.2) is 0 Å². The first-order chi connectivity index (χ1) is 8.25. The molecule has 0 spiro atoms. The van der Waals surface area contributed by atoms with Crippen molar-refractivity contribution in [1.82, 2.24) is 5.32 Å². The van der Waals surface area contributed by atoms with Gasteiger partial charge in [-0.25, -0.2) is 4.79 Å². The van der Waals surface area contributed by atoms with Crippen molar-refractivity contribution in [3.63, 3.8) is 0 Å². The van der Waals surface area contributed by atoms with Crippen molar-refractivity contribution in [3.8, 4) is 0 Å². The predicted octanol–water partition coefficient (Wildman–Crippen LogP) is 0.691. The van der Waals surface area contributed by atoms with Crippen molar-refractivity contribution in [3.05, 3.63) is 29.8 Å². The average molecular weight is 235 g/mol. The summed E-state index contributed by atoms with van der Waals surface area (Å²) in [5, 5.41) is 3.32. The second-order valence-corrected chi connectivity index (χ2v) is 4.01. The number of piperazine rings is 1. The van der Waals surface area contributed by atoms with Gasteiger partial charge in [0, 0.05) is 31.9 Å². The molecule has 0 atom stereocenters. The summed E-state index contributed by atoms with van der Waals surface area (Å²) in [6.07, 6.45) is -0.740. The van der Waals surface area contributed by atoms with E-state index in [2.05, 4.69) is 10.2 Å². The lowest BCUT2D eigenvalue weighted by Gasteiger charge is -2.29. The van der Waals surface area contributed by atoms with Crippen molar-refractivity contribution >= 4 is 11.8 Å². The van der Waals surface area contributed by atoms with Gasteiger partial charge < -0.3 is 20.7 Å². The van der Waals surface area contributed by atoms with Gasteiger partial charge in [0.1, 0.15) is 6.61 Å². The fraction of sp³-hybridized carbons (Fsp3) is 0.417. The highest BCUT2D eigenvalue weighted by molar-refractivity contribution is 5.64. The number of anilines is 1. The van der Waals surface area contributed by atoms with E-state index in [0.717, 1.165) is 31.7 Å². The molecular weight excluding hydrogens is 218 g/mol. The Morgan fingerprint density at radius 3 is 2.53 bits per heavy atom. The molecule has 3 N–H and O–H groups in total. The standard InChI is InChI=1S/C12H17N3O2/c13-12(16)17-9-10-1-3-11(4-2-10)15-7-5-14-6-8-15/h1-4,14H,5-9H2,(H2,13,16). The van der Waals surface area contributed by atoms with Gasteiger partial charge in [-0.05, 0) is 17.7 Å². The lowest BCUT2D eigenvalue weighted by molar-refractivity contribution is 0.150. The van der Waals surface area contributed by atoms with Gasteiger partial charge >= 0.3 is 6.09 Å². The van der Waals surface area contributed by atoms with Crippen LogP contribution in [0.2, 0.25) is 0 Å². The van der Waals surface area contributed by atoms with E-state index in [1.807, 2.05) is 24.3 Å². The van der Waals surface area contributed by atoms with E-state index in [4.69, 9.17) is 10.5 Å². The number of nitrogens with zero attached hydrogens (tertiary/aromatic N) is 1. The highest BCUT2D eigenvalue weighted by Gasteiger charge is 2.09. The van der Waals surface area contributed by atoms with Gasteiger partial charge in [0.25, 0.3) is 0 Å². The molecule has 5 heteroatoms. The molecule has 1 saturated heterocycles. The largest absolute Gasteiger partial charge is 0.445 e. The van der Waals surface area contributed by atoms with Gasteiger partial charge in [0.05, 0.1) is 0 Å². The summed E-state index contributed by atoms with van der Waals surface area (Å²) < 4.78 is 4.73. The molecule has 0 unspecified atom stereocenters. The molecule has 0 radical (unpaired) electrons. The number of rotatable bonds is 3. The number of ether oxygens (including phenoxy) is 1. The molecule has 1 aliphatic heterocycles. The molecule has 0 bridgehead atoms. The zero-order chi connectivity index (χ0) is 12.1. The van der Waals surface area contributed by atoms with E-state index in [0.29, 0.717) is 0 Å². The van der Waals surface area contributed by atoms with Crippen LogP contribution in [0.25, 0.3) is 0 Å². The van der Waals surface area contributed by atoms with Crippen molar-refractivity contribution < 1.29 is 9.53 Å². The second-order valence-electron chi connectivity index (χ2n) is 4.01. The lowest BCUT2D eigenvalue weighted by atomic mass is 10.2. The number of carbonyl (C=O) groups excluding carboxylic acids is 1. The average Bonchev–Trinajstić information content (AvgIpc) is 2.38. The lowest BCUT2D eigenvalue weighted by Crippen LogP contribution is -2.43. The Kier molecular flexibility index (Phi) is 3.82. The van der Waals surface area contributed by atoms with Crippen LogP contribution in [0.4, 0.5) is 10.5 Å². The predicted molar refractivity (Wildman–Crippen MR) is 65.9 cm³/mol. The highest BCUT2D eigenvalue weighted by atomic mass is 16.5. The molecule has 0 saturated carbocycles. The van der Waals surface area contributed by atoms with Crippen LogP contribution in [-0.4, -0.2) is 32.3 Å². The number of nitrogens with one attached hydrogen (secondary N) is 1. The fourth-order valence-corrected chi connectivity index (χ4v) is 1.88. The number of benzene rings is 1. The Morgan fingerprint density at radius 1 is 1.29 bits per heavy atom. The van der Waals surface area contributed by atoms with Gasteiger partial charge in [-0.15, -0.1) is 0 Å². The van der Waals surface area contributed by atoms with Crippen LogP contribution in [0.1, 0.15) is 5.56 Å². The van der Waals surface area contributed by atoms with Gasteiger partial charge in [-0.2, -0.15) is 0 Å². The van der Waals surface area contributed by atoms with Crippen molar-refractivity contribution in [1.29, 1.82) is 0 Å². The van der Waals surface area contributed by atoms with Crippen LogP contribution in [0.3, 0.4) is 0 Å². The molecule has 1 aliphatic rings. The van der Waals surface area contributed by atoms with E-state index < -0.39 is 6.09 Å². The van der Waals surface area contributed by atoms with Crippen LogP contribution in [-0.2, 0) is 11.3 Å². The maximum absolute atomic E-state index is 10.5. The number of amides is 1. The zero-order valence-electron chi connectivity index (χ0n) is 9.69. The molecule has 5 nitrogen and oxygen atoms in total. The Balaban J connectivity index is 1.94. The van der Waals surface area contributed by atoms with E-state index in [1.54, 1.807) is 0 Å². The van der Waals surface area contributed by atoms with E-state index in [9.17, 15) is 4.79 Å². The quantitative estimate of drug-likeness (QED) is 0.809. The molecule has 1 amide bonds. The van der Waals surface area contributed by atoms with E-state index >= 15 is 0 Å². The molecule has 17 heavy (non-hydrogen) atoms. The molecular formula is C12H17N3O2. The zero-order valence-corrected chi connectivity index (χ0v) is 9.69. The van der Waals surface area contributed by atoms with Gasteiger partial charge in [-0.3, -0.25) is 0 Å². The summed E-state index contributed by atoms with van der Waals surface area (Å²) in [7, 11) is 0. The van der Waals surface area contributed by atoms with Gasteiger partial charge in [-0.1, -0.05) is 12.1 Å². The second kappa shape index (κ2) is 5.54. The summed E-state index contributed by atoms with van der Waals surface area (Å²) in [5.74, 6) is 0. The van der Waals surface area contributed by atoms with Crippen LogP contribution < -0.4 is 16.0 Å². The van der Waals surface area contributed by atoms with Gasteiger partial charge in [0.2, 0.25) is 0 Å². The Hall–Kier alpha value is -1.75. The van der Waals surface area contributed by atoms with E-state index in [-0.39, 0.29) is 6.61 Å². The third-order valence-corrected chi connectivity index (χ3v) is 2.80. The molecule has 0 aliphatic carbocycles.